The Bertz CT molecular complexity index is 1310. The van der Waals surface area contributed by atoms with E-state index in [2.05, 4.69) is 5.32 Å². The monoisotopic (exact) mass is 490 g/mol. The highest BCUT2D eigenvalue weighted by atomic mass is 35.5. The van der Waals surface area contributed by atoms with Gasteiger partial charge < -0.3 is 14.8 Å². The zero-order valence-corrected chi connectivity index (χ0v) is 20.2. The molecule has 7 nitrogen and oxygen atoms in total. The Morgan fingerprint density at radius 2 is 1.51 bits per heavy atom. The van der Waals surface area contributed by atoms with Crippen molar-refractivity contribution < 1.29 is 23.9 Å². The van der Waals surface area contributed by atoms with E-state index in [0.29, 0.717) is 35.0 Å². The van der Waals surface area contributed by atoms with E-state index in [4.69, 9.17) is 21.1 Å². The number of halogens is 1. The van der Waals surface area contributed by atoms with Crippen LogP contribution in [0.2, 0.25) is 0 Å². The molecule has 0 aromatic heterocycles. The Labute approximate surface area is 207 Å². The number of esters is 1. The van der Waals surface area contributed by atoms with Gasteiger partial charge in [-0.1, -0.05) is 17.7 Å². The van der Waals surface area contributed by atoms with Crippen LogP contribution >= 0.6 is 11.6 Å². The number of benzene rings is 3. The lowest BCUT2D eigenvalue weighted by Crippen LogP contribution is -2.32. The van der Waals surface area contributed by atoms with E-state index in [9.17, 15) is 14.4 Å². The number of hydrogen-bond donors (Lipinski definition) is 1. The third-order valence-electron chi connectivity index (χ3n) is 5.23. The fourth-order valence-electron chi connectivity index (χ4n) is 3.70. The molecule has 2 amide bonds. The zero-order valence-electron chi connectivity index (χ0n) is 19.4. The van der Waals surface area contributed by atoms with E-state index in [1.165, 1.54) is 0 Å². The fourth-order valence-corrected chi connectivity index (χ4v) is 3.91. The molecule has 0 saturated carbocycles. The third kappa shape index (κ3) is 5.20. The highest BCUT2D eigenvalue weighted by Crippen LogP contribution is 2.31. The van der Waals surface area contributed by atoms with Crippen LogP contribution in [0.25, 0.3) is 0 Å². The first-order valence-corrected chi connectivity index (χ1v) is 11.3. The average Bonchev–Trinajstić information content (AvgIpc) is 3.03. The van der Waals surface area contributed by atoms with Gasteiger partial charge in [-0.25, -0.2) is 9.69 Å². The molecule has 0 atom stereocenters. The Morgan fingerprint density at radius 1 is 0.886 bits per heavy atom. The highest BCUT2D eigenvalue weighted by molar-refractivity contribution is 6.53. The van der Waals surface area contributed by atoms with Crippen molar-refractivity contribution in [3.8, 4) is 11.5 Å². The molecule has 0 bridgehead atoms. The van der Waals surface area contributed by atoms with Crippen LogP contribution in [0.3, 0.4) is 0 Å². The van der Waals surface area contributed by atoms with E-state index >= 15 is 0 Å². The van der Waals surface area contributed by atoms with E-state index < -0.39 is 17.8 Å². The van der Waals surface area contributed by atoms with E-state index in [-0.39, 0.29) is 10.7 Å². The summed E-state index contributed by atoms with van der Waals surface area (Å²) < 4.78 is 10.9. The van der Waals surface area contributed by atoms with Crippen LogP contribution < -0.4 is 19.7 Å². The van der Waals surface area contributed by atoms with Crippen LogP contribution in [0.5, 0.6) is 11.5 Å². The zero-order chi connectivity index (χ0) is 25.1. The summed E-state index contributed by atoms with van der Waals surface area (Å²) in [6.45, 7) is 6.22. The van der Waals surface area contributed by atoms with Gasteiger partial charge in [0.15, 0.2) is 0 Å². The molecule has 0 unspecified atom stereocenters. The molecule has 0 spiro atoms. The van der Waals surface area contributed by atoms with Crippen molar-refractivity contribution in [3.63, 3.8) is 0 Å². The molecule has 1 N–H and O–H groups in total. The maximum atomic E-state index is 13.0. The molecule has 0 aliphatic carbocycles. The van der Waals surface area contributed by atoms with Crippen LogP contribution in [0.1, 0.15) is 28.4 Å². The molecule has 8 heteroatoms. The molecule has 0 saturated heterocycles. The lowest BCUT2D eigenvalue weighted by molar-refractivity contribution is -0.120. The van der Waals surface area contributed by atoms with E-state index in [1.54, 1.807) is 60.7 Å². The first-order valence-electron chi connectivity index (χ1n) is 11.0. The number of nitrogens with zero attached hydrogens (tertiary/aromatic N) is 1. The van der Waals surface area contributed by atoms with Crippen molar-refractivity contribution in [1.29, 1.82) is 0 Å². The number of ether oxygens (including phenoxy) is 2. The summed E-state index contributed by atoms with van der Waals surface area (Å²) in [5, 5.41) is 2.67. The summed E-state index contributed by atoms with van der Waals surface area (Å²) >= 11 is 6.20. The molecule has 0 fully saturated rings. The number of imide groups is 1. The normalized spacial score (nSPS) is 13.3. The summed E-state index contributed by atoms with van der Waals surface area (Å²) in [7, 11) is 0. The van der Waals surface area contributed by atoms with Gasteiger partial charge in [-0.05, 0) is 92.6 Å². The molecule has 35 heavy (non-hydrogen) atoms. The Morgan fingerprint density at radius 3 is 2.11 bits per heavy atom. The highest BCUT2D eigenvalue weighted by Gasteiger charge is 2.39. The Balaban J connectivity index is 1.46. The third-order valence-corrected chi connectivity index (χ3v) is 5.58. The molecule has 3 aromatic rings. The van der Waals surface area contributed by atoms with Crippen LogP contribution in [0.4, 0.5) is 11.4 Å². The molecular weight excluding hydrogens is 468 g/mol. The van der Waals surface area contributed by atoms with Crippen molar-refractivity contribution in [1.82, 2.24) is 0 Å². The van der Waals surface area contributed by atoms with Crippen molar-refractivity contribution in [2.24, 2.45) is 0 Å². The molecule has 1 aliphatic heterocycles. The molecule has 4 rings (SSSR count). The summed E-state index contributed by atoms with van der Waals surface area (Å²) in [4.78, 5) is 39.2. The first-order chi connectivity index (χ1) is 16.8. The smallest absolute Gasteiger partial charge is 0.343 e. The number of aryl methyl sites for hydroxylation is 2. The van der Waals surface area contributed by atoms with Crippen molar-refractivity contribution >= 4 is 40.8 Å². The predicted octanol–water partition coefficient (Wildman–Crippen LogP) is 5.36. The fraction of sp³-hybridized carbons (Fsp3) is 0.148. The second-order valence-corrected chi connectivity index (χ2v) is 8.35. The van der Waals surface area contributed by atoms with E-state index in [0.717, 1.165) is 16.0 Å². The minimum atomic E-state index is -0.628. The minimum absolute atomic E-state index is 0.0453. The van der Waals surface area contributed by atoms with Gasteiger partial charge in [0.25, 0.3) is 11.8 Å². The van der Waals surface area contributed by atoms with Crippen LogP contribution in [-0.4, -0.2) is 24.4 Å². The topological polar surface area (TPSA) is 84.9 Å². The molecule has 3 aromatic carbocycles. The molecule has 1 aliphatic rings. The van der Waals surface area contributed by atoms with Crippen LogP contribution in [0.15, 0.2) is 77.5 Å². The summed E-state index contributed by atoms with van der Waals surface area (Å²) in [5.41, 5.74) is 3.13. The number of hydrogen-bond acceptors (Lipinski definition) is 6. The predicted molar refractivity (Wildman–Crippen MR) is 134 cm³/mol. The summed E-state index contributed by atoms with van der Waals surface area (Å²) in [6, 6.07) is 18.5. The largest absolute Gasteiger partial charge is 0.494 e. The number of nitrogens with one attached hydrogen (secondary N) is 1. The molecule has 178 valence electrons. The number of amides is 2. The number of carbonyl (C=O) groups excluding carboxylic acids is 3. The maximum absolute atomic E-state index is 13.0. The quantitative estimate of drug-likeness (QED) is 0.273. The van der Waals surface area contributed by atoms with Gasteiger partial charge >= 0.3 is 5.97 Å². The van der Waals surface area contributed by atoms with Crippen molar-refractivity contribution in [2.45, 2.75) is 20.8 Å². The second-order valence-electron chi connectivity index (χ2n) is 7.98. The Kier molecular flexibility index (Phi) is 6.89. The van der Waals surface area contributed by atoms with Gasteiger partial charge in [-0.15, -0.1) is 0 Å². The minimum Gasteiger partial charge on any atom is -0.494 e. The lowest BCUT2D eigenvalue weighted by Gasteiger charge is -2.15. The van der Waals surface area contributed by atoms with Crippen LogP contribution in [-0.2, 0) is 9.59 Å². The first kappa shape index (κ1) is 24.0. The van der Waals surface area contributed by atoms with Gasteiger partial charge in [-0.2, -0.15) is 0 Å². The summed E-state index contributed by atoms with van der Waals surface area (Å²) in [6.07, 6.45) is 0. The average molecular weight is 491 g/mol. The molecule has 1 heterocycles. The lowest BCUT2D eigenvalue weighted by atomic mass is 10.1. The maximum Gasteiger partial charge on any atom is 0.343 e. The van der Waals surface area contributed by atoms with Crippen molar-refractivity contribution in [2.75, 3.05) is 16.8 Å². The molecule has 0 radical (unpaired) electrons. The Hall–Kier alpha value is -4.10. The number of anilines is 2. The number of carbonyl (C=O) groups is 3. The summed E-state index contributed by atoms with van der Waals surface area (Å²) in [5.74, 6) is -0.619. The van der Waals surface area contributed by atoms with Gasteiger partial charge in [0, 0.05) is 5.69 Å². The molecular formula is C27H23ClN2O5. The SMILES string of the molecule is CCOc1ccc(N2C(=O)C(Cl)=C(Nc3ccc(C(=O)Oc4cc(C)cc(C)c4)cc3)C2=O)cc1. The van der Waals surface area contributed by atoms with Gasteiger partial charge in [0.05, 0.1) is 17.9 Å². The van der Waals surface area contributed by atoms with Gasteiger partial charge in [-0.3, -0.25) is 9.59 Å². The van der Waals surface area contributed by atoms with E-state index in [1.807, 2.05) is 26.8 Å². The standard InChI is InChI=1S/C27H23ClN2O5/c1-4-34-21-11-9-20(10-12-21)30-25(31)23(28)24(26(30)32)29-19-7-5-18(6-8-19)27(33)35-22-14-16(2)13-17(3)15-22/h5-15,29H,4H2,1-3H3. The van der Waals surface area contributed by atoms with Crippen LogP contribution in [0, 0.1) is 13.8 Å². The number of rotatable bonds is 7. The van der Waals surface area contributed by atoms with Gasteiger partial charge in [0.1, 0.15) is 22.2 Å². The van der Waals surface area contributed by atoms with Crippen molar-refractivity contribution in [3.05, 3.63) is 94.1 Å². The second kappa shape index (κ2) is 10.0. The van der Waals surface area contributed by atoms with Gasteiger partial charge in [0.2, 0.25) is 0 Å².